The van der Waals surface area contributed by atoms with E-state index >= 15 is 4.79 Å². The minimum Gasteiger partial charge on any atom is -0.451 e. The van der Waals surface area contributed by atoms with Crippen molar-refractivity contribution < 1.29 is 66.1 Å². The minimum atomic E-state index is -1.61. The van der Waals surface area contributed by atoms with Crippen LogP contribution in [0.1, 0.15) is 117 Å². The average molecular weight is 1150 g/mol. The van der Waals surface area contributed by atoms with E-state index in [-0.39, 0.29) is 75.3 Å². The van der Waals surface area contributed by atoms with E-state index in [4.69, 9.17) is 18.9 Å². The van der Waals surface area contributed by atoms with E-state index in [2.05, 4.69) is 10.2 Å². The molecule has 0 aliphatic carbocycles. The van der Waals surface area contributed by atoms with E-state index in [0.717, 1.165) is 37.6 Å². The Labute approximate surface area is 479 Å². The molecule has 4 aromatic rings. The number of nitrogens with zero attached hydrogens (tertiary/aromatic N) is 8. The molecule has 1 fully saturated rings. The number of esters is 4. The van der Waals surface area contributed by atoms with E-state index in [9.17, 15) is 42.3 Å². The topological polar surface area (TPSA) is 222 Å². The van der Waals surface area contributed by atoms with Gasteiger partial charge in [0.15, 0.2) is 36.1 Å². The maximum atomic E-state index is 15.0. The molecule has 82 heavy (non-hydrogen) atoms. The Morgan fingerprint density at radius 1 is 0.439 bits per heavy atom. The first-order valence-corrected chi connectivity index (χ1v) is 27.9. The van der Waals surface area contributed by atoms with Crippen LogP contribution >= 0.6 is 0 Å². The third-order valence-electron chi connectivity index (χ3n) is 14.2. The number of benzene rings is 2. The summed E-state index contributed by atoms with van der Waals surface area (Å²) in [5, 5.41) is 8.02. The molecule has 0 radical (unpaired) electrons. The lowest BCUT2D eigenvalue weighted by atomic mass is 9.99. The molecule has 3 heterocycles. The maximum Gasteiger partial charge on any atom is 0.329 e. The minimum absolute atomic E-state index is 0.0372. The van der Waals surface area contributed by atoms with Crippen LogP contribution in [0.2, 0.25) is 0 Å². The number of amides is 4. The molecule has 2 aromatic carbocycles. The predicted octanol–water partition coefficient (Wildman–Crippen LogP) is 6.43. The number of carbonyl (C=O) groups excluding carboxylic acids is 8. The fourth-order valence-corrected chi connectivity index (χ4v) is 9.77. The van der Waals surface area contributed by atoms with E-state index < -0.39 is 108 Å². The highest BCUT2D eigenvalue weighted by Gasteiger charge is 2.43. The molecule has 2 aromatic heterocycles. The number of cyclic esters (lactones) is 4. The van der Waals surface area contributed by atoms with Gasteiger partial charge in [0.1, 0.15) is 24.2 Å². The number of hydrogen-bond acceptors (Lipinski definition) is 14. The fraction of sp³-hybridized carbons (Fsp3) is 0.567. The molecule has 448 valence electrons. The van der Waals surface area contributed by atoms with Gasteiger partial charge >= 0.3 is 23.9 Å². The Balaban J connectivity index is 1.60. The van der Waals surface area contributed by atoms with Gasteiger partial charge in [-0.3, -0.25) is 28.5 Å². The van der Waals surface area contributed by atoms with Crippen molar-refractivity contribution in [2.24, 2.45) is 23.7 Å². The van der Waals surface area contributed by atoms with Crippen LogP contribution in [0.3, 0.4) is 0 Å². The van der Waals surface area contributed by atoms with Crippen molar-refractivity contribution >= 4 is 47.5 Å². The molecule has 22 heteroatoms. The van der Waals surface area contributed by atoms with Gasteiger partial charge in [0.2, 0.25) is 0 Å². The van der Waals surface area contributed by atoms with Gasteiger partial charge in [-0.25, -0.2) is 28.0 Å². The average Bonchev–Trinajstić information content (AvgIpc) is 4.20. The van der Waals surface area contributed by atoms with E-state index in [0.29, 0.717) is 16.7 Å². The van der Waals surface area contributed by atoms with Crippen LogP contribution in [-0.4, -0.2) is 163 Å². The maximum absolute atomic E-state index is 15.0. The summed E-state index contributed by atoms with van der Waals surface area (Å²) in [7, 11) is 5.41. The third-order valence-corrected chi connectivity index (χ3v) is 14.2. The first kappa shape index (κ1) is 65.3. The standard InChI is InChI=1S/C60H82F2N8O12/c1-35(2)22-47-57(75)79-40(10)54(72)66(12)50(25-38(7)8)60(78)82-52(28-43-16-15-17-44(26-43)32-70-34-46(62)30-64-70)56(74)68(14)48(23-36(3)4)58(76)80-39(9)53(71)65(11)49(24-37(5)6)59(77)81-51(55(73)67(47)13)27-41-18-20-42(21-19-41)31-69-33-45(61)29-63-69/h15-21,26,29-30,33-40,47-52H,22-25,27-28,31-32H2,1-14H3/t39-,40-,47+,48+,49+,50+,51-,52-/m1/s1. The zero-order valence-electron chi connectivity index (χ0n) is 49.7. The monoisotopic (exact) mass is 1140 g/mol. The number of aromatic nitrogens is 4. The van der Waals surface area contributed by atoms with Crippen LogP contribution in [0.4, 0.5) is 8.78 Å². The predicted molar refractivity (Wildman–Crippen MR) is 298 cm³/mol. The second-order valence-corrected chi connectivity index (χ2v) is 23.1. The zero-order chi connectivity index (χ0) is 60.9. The second-order valence-electron chi connectivity index (χ2n) is 23.1. The van der Waals surface area contributed by atoms with Crippen molar-refractivity contribution in [2.75, 3.05) is 28.2 Å². The molecule has 0 bridgehead atoms. The summed E-state index contributed by atoms with van der Waals surface area (Å²) in [4.78, 5) is 122. The van der Waals surface area contributed by atoms with Crippen molar-refractivity contribution in [3.8, 4) is 0 Å². The molecule has 1 aliphatic rings. The molecule has 4 amide bonds. The number of hydrogen-bond donors (Lipinski definition) is 0. The first-order valence-electron chi connectivity index (χ1n) is 27.9. The lowest BCUT2D eigenvalue weighted by Gasteiger charge is -2.35. The molecular weight excluding hydrogens is 1060 g/mol. The van der Waals surface area contributed by atoms with Crippen molar-refractivity contribution in [1.82, 2.24) is 39.2 Å². The van der Waals surface area contributed by atoms with Crippen molar-refractivity contribution in [3.63, 3.8) is 0 Å². The Morgan fingerprint density at radius 2 is 0.756 bits per heavy atom. The number of rotatable bonds is 16. The molecule has 1 saturated heterocycles. The van der Waals surface area contributed by atoms with Gasteiger partial charge in [0.25, 0.3) is 23.6 Å². The van der Waals surface area contributed by atoms with Crippen LogP contribution in [0.5, 0.6) is 0 Å². The summed E-state index contributed by atoms with van der Waals surface area (Å²) in [6.45, 7) is 17.6. The molecule has 1 aliphatic heterocycles. The van der Waals surface area contributed by atoms with Gasteiger partial charge in [-0.2, -0.15) is 10.2 Å². The lowest BCUT2D eigenvalue weighted by molar-refractivity contribution is -0.176. The third kappa shape index (κ3) is 18.2. The second kappa shape index (κ2) is 29.5. The van der Waals surface area contributed by atoms with Crippen molar-refractivity contribution in [1.29, 1.82) is 0 Å². The highest BCUT2D eigenvalue weighted by Crippen LogP contribution is 2.25. The van der Waals surface area contributed by atoms with Crippen molar-refractivity contribution in [3.05, 3.63) is 107 Å². The van der Waals surface area contributed by atoms with E-state index in [1.54, 1.807) is 48.5 Å². The zero-order valence-corrected chi connectivity index (χ0v) is 49.7. The Hall–Kier alpha value is -7.52. The van der Waals surface area contributed by atoms with E-state index in [1.165, 1.54) is 63.8 Å². The van der Waals surface area contributed by atoms with Crippen LogP contribution in [-0.2, 0) is 83.2 Å². The summed E-state index contributed by atoms with van der Waals surface area (Å²) in [6.07, 6.45) is -1.91. The van der Waals surface area contributed by atoms with Crippen LogP contribution < -0.4 is 0 Å². The quantitative estimate of drug-likeness (QED) is 0.0872. The fourth-order valence-electron chi connectivity index (χ4n) is 9.77. The van der Waals surface area contributed by atoms with Crippen LogP contribution in [0, 0.1) is 35.3 Å². The normalized spacial score (nSPS) is 23.0. The largest absolute Gasteiger partial charge is 0.451 e. The SMILES string of the molecule is CC(C)C[C@H]1C(=O)O[C@H](Cc2cccc(Cn3cc(F)cn3)c2)C(=O)N(C)[C@@H](CC(C)C)C(=O)O[C@H](C)C(=O)N(C)[C@@H](CC(C)C)C(=O)O[C@H](Cc2ccc(Cn3cc(F)cn3)cc2)C(=O)N(C)[C@@H](CC(C)C)C(=O)O[C@H](C)C(=O)N1C. The summed E-state index contributed by atoms with van der Waals surface area (Å²) < 4.78 is 54.5. The van der Waals surface area contributed by atoms with Crippen molar-refractivity contribution in [2.45, 2.75) is 169 Å². The lowest BCUT2D eigenvalue weighted by Crippen LogP contribution is -2.55. The molecule has 20 nitrogen and oxygen atoms in total. The smallest absolute Gasteiger partial charge is 0.329 e. The number of ether oxygens (including phenoxy) is 4. The molecule has 0 saturated carbocycles. The summed E-state index contributed by atoms with van der Waals surface area (Å²) in [5.41, 5.74) is 2.47. The number of halogens is 2. The summed E-state index contributed by atoms with van der Waals surface area (Å²) >= 11 is 0. The molecule has 0 unspecified atom stereocenters. The Morgan fingerprint density at radius 3 is 1.11 bits per heavy atom. The van der Waals surface area contributed by atoms with Gasteiger partial charge in [-0.05, 0) is 85.5 Å². The van der Waals surface area contributed by atoms with Gasteiger partial charge in [-0.1, -0.05) is 104 Å². The molecule has 5 rings (SSSR count). The molecular formula is C60H82F2N8O12. The van der Waals surface area contributed by atoms with Gasteiger partial charge in [0, 0.05) is 41.0 Å². The number of carbonyl (C=O) groups is 8. The highest BCUT2D eigenvalue weighted by atomic mass is 19.1. The van der Waals surface area contributed by atoms with Gasteiger partial charge < -0.3 is 38.5 Å². The Kier molecular flexibility index (Phi) is 23.5. The summed E-state index contributed by atoms with van der Waals surface area (Å²) in [6, 6.07) is 8.49. The summed E-state index contributed by atoms with van der Waals surface area (Å²) in [5.74, 6) is -9.02. The van der Waals surface area contributed by atoms with E-state index in [1.807, 2.05) is 55.4 Å². The molecule has 0 spiro atoms. The van der Waals surface area contributed by atoms with Gasteiger partial charge in [0.05, 0.1) is 37.9 Å². The van der Waals surface area contributed by atoms with Gasteiger partial charge in [-0.15, -0.1) is 0 Å². The molecule has 0 N–H and O–H groups in total. The first-order chi connectivity index (χ1) is 38.5. The Bertz CT molecular complexity index is 2840. The molecule has 8 atom stereocenters. The highest BCUT2D eigenvalue weighted by molar-refractivity contribution is 5.94. The van der Waals surface area contributed by atoms with Crippen LogP contribution in [0.25, 0.3) is 0 Å². The number of likely N-dealkylation sites (N-methyl/N-ethyl adjacent to an activating group) is 4. The van der Waals surface area contributed by atoms with Crippen LogP contribution in [0.15, 0.2) is 73.3 Å².